The Morgan fingerprint density at radius 1 is 1.50 bits per heavy atom. The summed E-state index contributed by atoms with van der Waals surface area (Å²) in [5.74, 6) is 0.107. The fraction of sp³-hybridized carbons (Fsp3) is 0.462. The summed E-state index contributed by atoms with van der Waals surface area (Å²) >= 11 is 5.57. The molecule has 0 radical (unpaired) electrons. The van der Waals surface area contributed by atoms with Crippen LogP contribution in [0, 0.1) is 0 Å². The van der Waals surface area contributed by atoms with Crippen molar-refractivity contribution in [2.24, 2.45) is 0 Å². The van der Waals surface area contributed by atoms with Crippen molar-refractivity contribution in [3.05, 3.63) is 29.8 Å². The Balaban J connectivity index is 2.71. The first-order chi connectivity index (χ1) is 8.31. The number of aliphatic hydroxyl groups is 1. The van der Waals surface area contributed by atoms with E-state index in [0.717, 1.165) is 0 Å². The van der Waals surface area contributed by atoms with Gasteiger partial charge in [0.15, 0.2) is 0 Å². The number of hydrogen-bond acceptors (Lipinski definition) is 3. The van der Waals surface area contributed by atoms with Gasteiger partial charge in [0.05, 0.1) is 12.0 Å². The number of halogens is 1. The second-order valence-electron chi connectivity index (χ2n) is 4.92. The van der Waals surface area contributed by atoms with Crippen LogP contribution in [0.5, 0.6) is 0 Å². The smallest absolute Gasteiger partial charge is 0.412 e. The molecule has 1 amide bonds. The Morgan fingerprint density at radius 3 is 2.72 bits per heavy atom. The number of rotatable bonds is 3. The molecule has 0 heterocycles. The molecule has 0 bridgehead atoms. The van der Waals surface area contributed by atoms with Crippen LogP contribution in [-0.2, 0) is 4.74 Å². The zero-order valence-electron chi connectivity index (χ0n) is 10.7. The lowest BCUT2D eigenvalue weighted by Gasteiger charge is -2.20. The van der Waals surface area contributed by atoms with Crippen molar-refractivity contribution in [3.63, 3.8) is 0 Å². The van der Waals surface area contributed by atoms with Gasteiger partial charge < -0.3 is 9.84 Å². The van der Waals surface area contributed by atoms with Gasteiger partial charge >= 0.3 is 6.09 Å². The second kappa shape index (κ2) is 6.07. The highest BCUT2D eigenvalue weighted by Gasteiger charge is 2.16. The monoisotopic (exact) mass is 271 g/mol. The lowest BCUT2D eigenvalue weighted by Crippen LogP contribution is -2.27. The molecule has 4 nitrogen and oxygen atoms in total. The molecule has 2 N–H and O–H groups in total. The number of aliphatic hydroxyl groups excluding tert-OH is 1. The fourth-order valence-corrected chi connectivity index (χ4v) is 1.51. The lowest BCUT2D eigenvalue weighted by atomic mass is 10.1. The summed E-state index contributed by atoms with van der Waals surface area (Å²) in [6.45, 7) is 5.38. The Bertz CT molecular complexity index is 415. The lowest BCUT2D eigenvalue weighted by molar-refractivity contribution is 0.0636. The van der Waals surface area contributed by atoms with E-state index in [0.29, 0.717) is 11.3 Å². The van der Waals surface area contributed by atoms with Crippen molar-refractivity contribution in [1.82, 2.24) is 0 Å². The van der Waals surface area contributed by atoms with Gasteiger partial charge in [-0.05, 0) is 38.5 Å². The molecular weight excluding hydrogens is 254 g/mol. The van der Waals surface area contributed by atoms with Crippen LogP contribution in [0.3, 0.4) is 0 Å². The van der Waals surface area contributed by atoms with Crippen LogP contribution in [-0.4, -0.2) is 22.7 Å². The maximum absolute atomic E-state index is 11.6. The maximum Gasteiger partial charge on any atom is 0.412 e. The van der Waals surface area contributed by atoms with Crippen molar-refractivity contribution in [2.75, 3.05) is 11.2 Å². The molecule has 0 spiro atoms. The van der Waals surface area contributed by atoms with Crippen LogP contribution in [0.2, 0.25) is 0 Å². The zero-order chi connectivity index (χ0) is 13.8. The summed E-state index contributed by atoms with van der Waals surface area (Å²) in [7, 11) is 0. The quantitative estimate of drug-likeness (QED) is 0.829. The van der Waals surface area contributed by atoms with E-state index < -0.39 is 17.8 Å². The number of hydrogen-bond donors (Lipinski definition) is 2. The summed E-state index contributed by atoms with van der Waals surface area (Å²) in [4.78, 5) is 11.6. The summed E-state index contributed by atoms with van der Waals surface area (Å²) in [5, 5.41) is 12.2. The van der Waals surface area contributed by atoms with Gasteiger partial charge in [0.2, 0.25) is 0 Å². The highest BCUT2D eigenvalue weighted by molar-refractivity contribution is 6.18. The molecular formula is C13H18ClNO3. The van der Waals surface area contributed by atoms with Gasteiger partial charge in [0.25, 0.3) is 0 Å². The standard InChI is InChI=1S/C13H18ClNO3/c1-13(2,3)18-12(17)15-10-6-4-5-9(7-10)11(16)8-14/h4-7,11,16H,8H2,1-3H3,(H,15,17). The molecule has 1 rings (SSSR count). The van der Waals surface area contributed by atoms with Crippen LogP contribution in [0.4, 0.5) is 10.5 Å². The van der Waals surface area contributed by atoms with E-state index in [1.54, 1.807) is 45.0 Å². The molecule has 1 atom stereocenters. The van der Waals surface area contributed by atoms with Crippen molar-refractivity contribution in [2.45, 2.75) is 32.5 Å². The van der Waals surface area contributed by atoms with Gasteiger partial charge in [0, 0.05) is 5.69 Å². The Morgan fingerprint density at radius 2 is 2.17 bits per heavy atom. The maximum atomic E-state index is 11.6. The van der Waals surface area contributed by atoms with E-state index in [-0.39, 0.29) is 5.88 Å². The molecule has 1 aromatic carbocycles. The van der Waals surface area contributed by atoms with Gasteiger partial charge in [-0.2, -0.15) is 0 Å². The minimum Gasteiger partial charge on any atom is -0.444 e. The van der Waals surface area contributed by atoms with Crippen molar-refractivity contribution >= 4 is 23.4 Å². The van der Waals surface area contributed by atoms with Crippen LogP contribution < -0.4 is 5.32 Å². The van der Waals surface area contributed by atoms with E-state index in [2.05, 4.69) is 5.32 Å². The number of alkyl halides is 1. The summed E-state index contributed by atoms with van der Waals surface area (Å²) in [6, 6.07) is 6.86. The molecule has 0 aliphatic rings. The molecule has 0 saturated carbocycles. The topological polar surface area (TPSA) is 58.6 Å². The molecule has 1 aromatic rings. The third-order valence-corrected chi connectivity index (χ3v) is 2.36. The summed E-state index contributed by atoms with van der Waals surface area (Å²) < 4.78 is 5.13. The Kier molecular flexibility index (Phi) is 4.99. The van der Waals surface area contributed by atoms with E-state index in [4.69, 9.17) is 16.3 Å². The van der Waals surface area contributed by atoms with Crippen molar-refractivity contribution in [3.8, 4) is 0 Å². The van der Waals surface area contributed by atoms with Gasteiger partial charge in [-0.15, -0.1) is 11.6 Å². The number of carbonyl (C=O) groups excluding carboxylic acids is 1. The highest BCUT2D eigenvalue weighted by atomic mass is 35.5. The molecule has 1 unspecified atom stereocenters. The van der Waals surface area contributed by atoms with E-state index >= 15 is 0 Å². The summed E-state index contributed by atoms with van der Waals surface area (Å²) in [6.07, 6.45) is -1.27. The van der Waals surface area contributed by atoms with E-state index in [9.17, 15) is 9.90 Å². The molecule has 0 saturated heterocycles. The fourth-order valence-electron chi connectivity index (χ4n) is 1.33. The molecule has 0 aliphatic heterocycles. The largest absolute Gasteiger partial charge is 0.444 e. The zero-order valence-corrected chi connectivity index (χ0v) is 11.5. The first-order valence-electron chi connectivity index (χ1n) is 5.66. The number of benzene rings is 1. The molecule has 0 aliphatic carbocycles. The predicted octanol–water partition coefficient (Wildman–Crippen LogP) is 3.31. The molecule has 5 heteroatoms. The molecule has 100 valence electrons. The van der Waals surface area contributed by atoms with Crippen LogP contribution in [0.1, 0.15) is 32.4 Å². The molecule has 18 heavy (non-hydrogen) atoms. The van der Waals surface area contributed by atoms with E-state index in [1.807, 2.05) is 0 Å². The number of nitrogens with one attached hydrogen (secondary N) is 1. The average molecular weight is 272 g/mol. The first-order valence-corrected chi connectivity index (χ1v) is 6.19. The summed E-state index contributed by atoms with van der Waals surface area (Å²) in [5.41, 5.74) is 0.668. The number of ether oxygens (including phenoxy) is 1. The third kappa shape index (κ3) is 4.94. The van der Waals surface area contributed by atoms with Gasteiger partial charge in [-0.25, -0.2) is 4.79 Å². The average Bonchev–Trinajstić information content (AvgIpc) is 2.25. The highest BCUT2D eigenvalue weighted by Crippen LogP contribution is 2.19. The van der Waals surface area contributed by atoms with Gasteiger partial charge in [-0.3, -0.25) is 5.32 Å². The number of amides is 1. The van der Waals surface area contributed by atoms with Crippen LogP contribution >= 0.6 is 11.6 Å². The SMILES string of the molecule is CC(C)(C)OC(=O)Nc1cccc(C(O)CCl)c1. The van der Waals surface area contributed by atoms with Crippen molar-refractivity contribution < 1.29 is 14.6 Å². The normalized spacial score (nSPS) is 12.9. The van der Waals surface area contributed by atoms with Crippen LogP contribution in [0.15, 0.2) is 24.3 Å². The Hall–Kier alpha value is -1.26. The van der Waals surface area contributed by atoms with E-state index in [1.165, 1.54) is 0 Å². The predicted molar refractivity (Wildman–Crippen MR) is 72.0 cm³/mol. The molecule has 0 aromatic heterocycles. The molecule has 0 fully saturated rings. The van der Waals surface area contributed by atoms with Gasteiger partial charge in [0.1, 0.15) is 5.60 Å². The minimum atomic E-state index is -0.743. The second-order valence-corrected chi connectivity index (χ2v) is 5.23. The van der Waals surface area contributed by atoms with Crippen molar-refractivity contribution in [1.29, 1.82) is 0 Å². The first kappa shape index (κ1) is 14.8. The van der Waals surface area contributed by atoms with Gasteiger partial charge in [-0.1, -0.05) is 12.1 Å². The Labute approximate surface area is 112 Å². The number of anilines is 1. The minimum absolute atomic E-state index is 0.107. The third-order valence-electron chi connectivity index (χ3n) is 2.06. The van der Waals surface area contributed by atoms with Crippen LogP contribution in [0.25, 0.3) is 0 Å². The number of carbonyl (C=O) groups is 1.